The third-order valence-electron chi connectivity index (χ3n) is 2.20. The molecule has 1 unspecified atom stereocenters. The number of rotatable bonds is 4. The Bertz CT molecular complexity index is 320. The van der Waals surface area contributed by atoms with Crippen molar-refractivity contribution in [3.8, 4) is 0 Å². The van der Waals surface area contributed by atoms with Gasteiger partial charge >= 0.3 is 0 Å². The molecule has 1 aromatic carbocycles. The van der Waals surface area contributed by atoms with Gasteiger partial charge in [-0.05, 0) is 30.7 Å². The van der Waals surface area contributed by atoms with Gasteiger partial charge in [-0.15, -0.1) is 6.58 Å². The Morgan fingerprint density at radius 1 is 1.57 bits per heavy atom. The van der Waals surface area contributed by atoms with Crippen LogP contribution in [0.4, 0.5) is 0 Å². The summed E-state index contributed by atoms with van der Waals surface area (Å²) >= 11 is 3.49. The topological polar surface area (TPSA) is 12.0 Å². The van der Waals surface area contributed by atoms with Gasteiger partial charge in [0.2, 0.25) is 0 Å². The Hall–Kier alpha value is -0.600. The molecule has 76 valence electrons. The summed E-state index contributed by atoms with van der Waals surface area (Å²) in [6.07, 6.45) is 1.94. The van der Waals surface area contributed by atoms with E-state index < -0.39 is 0 Å². The van der Waals surface area contributed by atoms with Gasteiger partial charge in [0.15, 0.2) is 0 Å². The van der Waals surface area contributed by atoms with Crippen LogP contribution in [0.5, 0.6) is 0 Å². The summed E-state index contributed by atoms with van der Waals surface area (Å²) in [5, 5.41) is 3.36. The Balaban J connectivity index is 2.93. The van der Waals surface area contributed by atoms with Crippen LogP contribution in [-0.2, 0) is 0 Å². The van der Waals surface area contributed by atoms with Gasteiger partial charge in [-0.1, -0.05) is 41.1 Å². The minimum absolute atomic E-state index is 0.256. The van der Waals surface area contributed by atoms with Gasteiger partial charge in [0.1, 0.15) is 0 Å². The van der Waals surface area contributed by atoms with Gasteiger partial charge in [-0.25, -0.2) is 0 Å². The first kappa shape index (κ1) is 11.5. The monoisotopic (exact) mass is 253 g/mol. The zero-order valence-corrected chi connectivity index (χ0v) is 10.3. The average molecular weight is 254 g/mol. The molecule has 0 aliphatic carbocycles. The van der Waals surface area contributed by atoms with Crippen molar-refractivity contribution in [2.75, 3.05) is 6.54 Å². The molecular formula is C12H16BrN. The van der Waals surface area contributed by atoms with Gasteiger partial charge in [0.05, 0.1) is 6.04 Å². The summed E-state index contributed by atoms with van der Waals surface area (Å²) in [4.78, 5) is 0. The van der Waals surface area contributed by atoms with E-state index in [-0.39, 0.29) is 6.04 Å². The summed E-state index contributed by atoms with van der Waals surface area (Å²) in [6, 6.07) is 6.63. The number of nitrogens with one attached hydrogen (secondary N) is 1. The van der Waals surface area contributed by atoms with Crippen LogP contribution >= 0.6 is 15.9 Å². The first-order chi connectivity index (χ1) is 6.69. The maximum atomic E-state index is 3.83. The van der Waals surface area contributed by atoms with Crippen LogP contribution in [0, 0.1) is 6.92 Å². The molecule has 2 heteroatoms. The SMILES string of the molecule is C=CC(NCC)c1ccc(Br)c(C)c1. The molecule has 0 amide bonds. The third-order valence-corrected chi connectivity index (χ3v) is 3.09. The summed E-state index contributed by atoms with van der Waals surface area (Å²) < 4.78 is 1.15. The minimum Gasteiger partial charge on any atom is -0.307 e. The van der Waals surface area contributed by atoms with Crippen LogP contribution in [-0.4, -0.2) is 6.54 Å². The molecule has 1 N–H and O–H groups in total. The Kier molecular flexibility index (Phi) is 4.36. The predicted octanol–water partition coefficient (Wildman–Crippen LogP) is 3.59. The molecule has 0 spiro atoms. The Labute approximate surface area is 94.3 Å². The van der Waals surface area contributed by atoms with Gasteiger partial charge < -0.3 is 5.32 Å². The second-order valence-electron chi connectivity index (χ2n) is 3.28. The molecule has 0 saturated carbocycles. The van der Waals surface area contributed by atoms with Crippen molar-refractivity contribution < 1.29 is 0 Å². The first-order valence-corrected chi connectivity index (χ1v) is 5.60. The van der Waals surface area contributed by atoms with Gasteiger partial charge in [0, 0.05) is 4.47 Å². The van der Waals surface area contributed by atoms with Crippen LogP contribution in [0.1, 0.15) is 24.1 Å². The fourth-order valence-corrected chi connectivity index (χ4v) is 1.67. The molecule has 0 fully saturated rings. The lowest BCUT2D eigenvalue weighted by atomic mass is 10.0. The standard InChI is InChI=1S/C12H16BrN/c1-4-12(14-5-2)10-6-7-11(13)9(3)8-10/h4,6-8,12,14H,1,5H2,2-3H3. The molecule has 0 aromatic heterocycles. The van der Waals surface area contributed by atoms with Gasteiger partial charge in [0.25, 0.3) is 0 Å². The molecule has 0 aliphatic heterocycles. The van der Waals surface area contributed by atoms with Crippen molar-refractivity contribution >= 4 is 15.9 Å². The molecule has 0 radical (unpaired) electrons. The van der Waals surface area contributed by atoms with E-state index in [0.29, 0.717) is 0 Å². The van der Waals surface area contributed by atoms with Crippen LogP contribution in [0.2, 0.25) is 0 Å². The second kappa shape index (κ2) is 5.32. The van der Waals surface area contributed by atoms with E-state index in [2.05, 4.69) is 59.9 Å². The first-order valence-electron chi connectivity index (χ1n) is 4.81. The van der Waals surface area contributed by atoms with Crippen molar-refractivity contribution in [2.24, 2.45) is 0 Å². The fraction of sp³-hybridized carbons (Fsp3) is 0.333. The molecule has 0 aliphatic rings. The number of likely N-dealkylation sites (N-methyl/N-ethyl adjacent to an activating group) is 1. The Morgan fingerprint density at radius 2 is 2.29 bits per heavy atom. The molecular weight excluding hydrogens is 238 g/mol. The number of benzene rings is 1. The lowest BCUT2D eigenvalue weighted by molar-refractivity contribution is 0.649. The number of halogens is 1. The molecule has 1 aromatic rings. The third kappa shape index (κ3) is 2.69. The highest BCUT2D eigenvalue weighted by Crippen LogP contribution is 2.21. The second-order valence-corrected chi connectivity index (χ2v) is 4.13. The van der Waals surface area contributed by atoms with Crippen LogP contribution in [0.15, 0.2) is 35.3 Å². The maximum absolute atomic E-state index is 3.83. The molecule has 1 atom stereocenters. The van der Waals surface area contributed by atoms with E-state index in [0.717, 1.165) is 11.0 Å². The molecule has 0 bridgehead atoms. The lowest BCUT2D eigenvalue weighted by Gasteiger charge is -2.14. The van der Waals surface area contributed by atoms with E-state index in [9.17, 15) is 0 Å². The number of aryl methyl sites for hydroxylation is 1. The van der Waals surface area contributed by atoms with E-state index in [1.807, 2.05) is 6.08 Å². The highest BCUT2D eigenvalue weighted by Gasteiger charge is 2.06. The highest BCUT2D eigenvalue weighted by atomic mass is 79.9. The summed E-state index contributed by atoms with van der Waals surface area (Å²) in [5.74, 6) is 0. The van der Waals surface area contributed by atoms with Crippen LogP contribution in [0.3, 0.4) is 0 Å². The zero-order chi connectivity index (χ0) is 10.6. The minimum atomic E-state index is 0.256. The molecule has 1 rings (SSSR count). The van der Waals surface area contributed by atoms with Crippen LogP contribution in [0.25, 0.3) is 0 Å². The molecule has 0 saturated heterocycles. The largest absolute Gasteiger partial charge is 0.307 e. The summed E-state index contributed by atoms with van der Waals surface area (Å²) in [5.41, 5.74) is 2.52. The molecule has 0 heterocycles. The molecule has 14 heavy (non-hydrogen) atoms. The summed E-state index contributed by atoms with van der Waals surface area (Å²) in [6.45, 7) is 8.98. The quantitative estimate of drug-likeness (QED) is 0.809. The lowest BCUT2D eigenvalue weighted by Crippen LogP contribution is -2.18. The van der Waals surface area contributed by atoms with Crippen LogP contribution < -0.4 is 5.32 Å². The predicted molar refractivity (Wildman–Crippen MR) is 65.5 cm³/mol. The summed E-state index contributed by atoms with van der Waals surface area (Å²) in [7, 11) is 0. The molecule has 1 nitrogen and oxygen atoms in total. The van der Waals surface area contributed by atoms with Crippen molar-refractivity contribution in [3.05, 3.63) is 46.5 Å². The normalized spacial score (nSPS) is 12.5. The van der Waals surface area contributed by atoms with Crippen molar-refractivity contribution in [1.29, 1.82) is 0 Å². The van der Waals surface area contributed by atoms with E-state index in [1.165, 1.54) is 11.1 Å². The zero-order valence-electron chi connectivity index (χ0n) is 8.68. The number of hydrogen-bond acceptors (Lipinski definition) is 1. The number of hydrogen-bond donors (Lipinski definition) is 1. The highest BCUT2D eigenvalue weighted by molar-refractivity contribution is 9.10. The van der Waals surface area contributed by atoms with Crippen molar-refractivity contribution in [2.45, 2.75) is 19.9 Å². The van der Waals surface area contributed by atoms with E-state index >= 15 is 0 Å². The smallest absolute Gasteiger partial charge is 0.0503 e. The Morgan fingerprint density at radius 3 is 2.79 bits per heavy atom. The van der Waals surface area contributed by atoms with Gasteiger partial charge in [-0.3, -0.25) is 0 Å². The average Bonchev–Trinajstić information content (AvgIpc) is 2.19. The van der Waals surface area contributed by atoms with Crippen molar-refractivity contribution in [3.63, 3.8) is 0 Å². The van der Waals surface area contributed by atoms with E-state index in [4.69, 9.17) is 0 Å². The van der Waals surface area contributed by atoms with Crippen molar-refractivity contribution in [1.82, 2.24) is 5.32 Å². The fourth-order valence-electron chi connectivity index (χ4n) is 1.42. The van der Waals surface area contributed by atoms with Gasteiger partial charge in [-0.2, -0.15) is 0 Å². The maximum Gasteiger partial charge on any atom is 0.0503 e. The van der Waals surface area contributed by atoms with E-state index in [1.54, 1.807) is 0 Å².